The molecule has 6 nitrogen and oxygen atoms in total. The van der Waals surface area contributed by atoms with Gasteiger partial charge in [0, 0.05) is 12.2 Å². The maximum Gasteiger partial charge on any atom is 0.262 e. The second kappa shape index (κ2) is 6.03. The van der Waals surface area contributed by atoms with Crippen molar-refractivity contribution in [2.24, 2.45) is 0 Å². The summed E-state index contributed by atoms with van der Waals surface area (Å²) in [4.78, 5) is 0.241. The third-order valence-corrected chi connectivity index (χ3v) is 6.92. The van der Waals surface area contributed by atoms with Gasteiger partial charge in [-0.2, -0.15) is 0 Å². The Kier molecular flexibility index (Phi) is 4.28. The smallest absolute Gasteiger partial charge is 0.262 e. The molecule has 8 heteroatoms. The fraction of sp³-hybridized carbons (Fsp3) is 0.294. The second-order valence-electron chi connectivity index (χ2n) is 6.30. The minimum Gasteiger partial charge on any atom is -0.280 e. The van der Waals surface area contributed by atoms with Crippen LogP contribution in [0.4, 0.5) is 11.4 Å². The molecule has 0 spiro atoms. The first-order valence-corrected chi connectivity index (χ1v) is 11.1. The number of sulfonamides is 2. The van der Waals surface area contributed by atoms with Gasteiger partial charge in [-0.25, -0.2) is 16.8 Å². The van der Waals surface area contributed by atoms with Crippen molar-refractivity contribution in [2.75, 3.05) is 21.8 Å². The van der Waals surface area contributed by atoms with Crippen LogP contribution < -0.4 is 9.03 Å². The molecule has 2 aromatic rings. The number of hydrogen-bond donors (Lipinski definition) is 1. The maximum absolute atomic E-state index is 12.7. The molecule has 3 rings (SSSR count). The molecule has 0 unspecified atom stereocenters. The molecule has 0 saturated carbocycles. The van der Waals surface area contributed by atoms with Crippen LogP contribution in [0.2, 0.25) is 0 Å². The normalized spacial score (nSPS) is 14.4. The zero-order chi connectivity index (χ0) is 18.4. The number of anilines is 2. The summed E-state index contributed by atoms with van der Waals surface area (Å²) in [6.07, 6.45) is 1.72. The van der Waals surface area contributed by atoms with Gasteiger partial charge in [-0.15, -0.1) is 0 Å². The van der Waals surface area contributed by atoms with Crippen LogP contribution in [0.15, 0.2) is 41.3 Å². The molecule has 134 valence electrons. The van der Waals surface area contributed by atoms with E-state index >= 15 is 0 Å². The van der Waals surface area contributed by atoms with E-state index in [2.05, 4.69) is 4.72 Å². The molecule has 0 atom stereocenters. The summed E-state index contributed by atoms with van der Waals surface area (Å²) in [5.74, 6) is 0. The van der Waals surface area contributed by atoms with E-state index in [4.69, 9.17) is 0 Å². The number of rotatable bonds is 4. The van der Waals surface area contributed by atoms with Crippen LogP contribution in [0.25, 0.3) is 0 Å². The highest BCUT2D eigenvalue weighted by Crippen LogP contribution is 2.33. The van der Waals surface area contributed by atoms with Gasteiger partial charge in [0.1, 0.15) is 0 Å². The van der Waals surface area contributed by atoms with Gasteiger partial charge >= 0.3 is 0 Å². The van der Waals surface area contributed by atoms with E-state index in [0.29, 0.717) is 29.9 Å². The molecule has 2 aromatic carbocycles. The van der Waals surface area contributed by atoms with E-state index in [1.54, 1.807) is 37.3 Å². The summed E-state index contributed by atoms with van der Waals surface area (Å²) in [7, 11) is -7.03. The SMILES string of the molecule is Cc1ccc(C)c(S(=O)(=O)Nc2ccc3c(c2)CCN3S(C)(=O)=O)c1. The molecule has 0 radical (unpaired) electrons. The van der Waals surface area contributed by atoms with Gasteiger partial charge in [0.2, 0.25) is 10.0 Å². The highest BCUT2D eigenvalue weighted by Gasteiger charge is 2.26. The van der Waals surface area contributed by atoms with Crippen LogP contribution >= 0.6 is 0 Å². The lowest BCUT2D eigenvalue weighted by Crippen LogP contribution is -2.27. The van der Waals surface area contributed by atoms with Gasteiger partial charge in [0.15, 0.2) is 0 Å². The second-order valence-corrected chi connectivity index (χ2v) is 9.86. The van der Waals surface area contributed by atoms with Crippen molar-refractivity contribution in [3.8, 4) is 0 Å². The molecular formula is C17H20N2O4S2. The molecular weight excluding hydrogens is 360 g/mol. The Bertz CT molecular complexity index is 1040. The fourth-order valence-electron chi connectivity index (χ4n) is 2.99. The largest absolute Gasteiger partial charge is 0.280 e. The summed E-state index contributed by atoms with van der Waals surface area (Å²) in [5, 5.41) is 0. The molecule has 1 N–H and O–H groups in total. The summed E-state index contributed by atoms with van der Waals surface area (Å²) < 4.78 is 52.8. The van der Waals surface area contributed by atoms with E-state index in [-0.39, 0.29) is 4.90 Å². The molecule has 0 aromatic heterocycles. The average molecular weight is 380 g/mol. The summed E-state index contributed by atoms with van der Waals surface area (Å²) in [6.45, 7) is 3.97. The number of hydrogen-bond acceptors (Lipinski definition) is 4. The number of nitrogens with zero attached hydrogens (tertiary/aromatic N) is 1. The fourth-order valence-corrected chi connectivity index (χ4v) is 5.32. The molecule has 0 amide bonds. The Balaban J connectivity index is 1.93. The molecule has 1 heterocycles. The number of aryl methyl sites for hydroxylation is 2. The Morgan fingerprint density at radius 3 is 2.40 bits per heavy atom. The molecule has 0 bridgehead atoms. The highest BCUT2D eigenvalue weighted by atomic mass is 32.2. The molecule has 0 saturated heterocycles. The summed E-state index contributed by atoms with van der Waals surface area (Å²) in [5.41, 5.74) is 3.38. The van der Waals surface area contributed by atoms with Gasteiger partial charge in [-0.05, 0) is 61.2 Å². The van der Waals surface area contributed by atoms with Crippen LogP contribution in [0, 0.1) is 13.8 Å². The zero-order valence-corrected chi connectivity index (χ0v) is 15.9. The minimum absolute atomic E-state index is 0.241. The predicted octanol–water partition coefficient (Wildman–Crippen LogP) is 2.43. The standard InChI is InChI=1S/C17H20N2O4S2/c1-12-4-5-13(2)17(10-12)25(22,23)18-15-6-7-16-14(11-15)8-9-19(16)24(3,20)21/h4-7,10-11,18H,8-9H2,1-3H3. The number of fused-ring (bicyclic) bond motifs is 1. The van der Waals surface area contributed by atoms with Crippen LogP contribution in [-0.2, 0) is 26.5 Å². The zero-order valence-electron chi connectivity index (χ0n) is 14.3. The van der Waals surface area contributed by atoms with Crippen molar-refractivity contribution in [1.29, 1.82) is 0 Å². The lowest BCUT2D eigenvalue weighted by Gasteiger charge is -2.17. The van der Waals surface area contributed by atoms with E-state index in [0.717, 1.165) is 11.1 Å². The van der Waals surface area contributed by atoms with Crippen molar-refractivity contribution in [1.82, 2.24) is 0 Å². The van der Waals surface area contributed by atoms with Crippen LogP contribution in [0.3, 0.4) is 0 Å². The van der Waals surface area contributed by atoms with Crippen molar-refractivity contribution >= 4 is 31.4 Å². The van der Waals surface area contributed by atoms with E-state index < -0.39 is 20.0 Å². The van der Waals surface area contributed by atoms with E-state index in [1.807, 2.05) is 13.0 Å². The van der Waals surface area contributed by atoms with Crippen molar-refractivity contribution in [3.63, 3.8) is 0 Å². The Hall–Kier alpha value is -2.06. The minimum atomic E-state index is -3.71. The maximum atomic E-state index is 12.7. The Labute approximate surface area is 148 Å². The quantitative estimate of drug-likeness (QED) is 0.883. The first kappa shape index (κ1) is 17.8. The predicted molar refractivity (Wildman–Crippen MR) is 99.1 cm³/mol. The third-order valence-electron chi connectivity index (χ3n) is 4.22. The number of benzene rings is 2. The lowest BCUT2D eigenvalue weighted by atomic mass is 10.1. The Morgan fingerprint density at radius 1 is 1.00 bits per heavy atom. The van der Waals surface area contributed by atoms with E-state index in [1.165, 1.54) is 10.6 Å². The molecule has 1 aliphatic heterocycles. The Morgan fingerprint density at radius 2 is 1.72 bits per heavy atom. The van der Waals surface area contributed by atoms with E-state index in [9.17, 15) is 16.8 Å². The third kappa shape index (κ3) is 3.50. The number of nitrogens with one attached hydrogen (secondary N) is 1. The van der Waals surface area contributed by atoms with Crippen LogP contribution in [0.1, 0.15) is 16.7 Å². The van der Waals surface area contributed by atoms with Gasteiger partial charge in [0.25, 0.3) is 10.0 Å². The highest BCUT2D eigenvalue weighted by molar-refractivity contribution is 7.92. The van der Waals surface area contributed by atoms with Gasteiger partial charge < -0.3 is 0 Å². The molecule has 0 aliphatic carbocycles. The topological polar surface area (TPSA) is 83.6 Å². The average Bonchev–Trinajstić information content (AvgIpc) is 2.92. The van der Waals surface area contributed by atoms with Gasteiger partial charge in [-0.3, -0.25) is 9.03 Å². The first-order valence-electron chi connectivity index (χ1n) is 7.79. The van der Waals surface area contributed by atoms with Gasteiger partial charge in [0.05, 0.1) is 16.8 Å². The first-order chi connectivity index (χ1) is 11.6. The summed E-state index contributed by atoms with van der Waals surface area (Å²) in [6, 6.07) is 10.2. The van der Waals surface area contributed by atoms with Crippen LogP contribution in [0.5, 0.6) is 0 Å². The van der Waals surface area contributed by atoms with Crippen molar-refractivity contribution < 1.29 is 16.8 Å². The monoisotopic (exact) mass is 380 g/mol. The van der Waals surface area contributed by atoms with Gasteiger partial charge in [-0.1, -0.05) is 12.1 Å². The van der Waals surface area contributed by atoms with Crippen molar-refractivity contribution in [2.45, 2.75) is 25.2 Å². The summed E-state index contributed by atoms with van der Waals surface area (Å²) >= 11 is 0. The van der Waals surface area contributed by atoms with Crippen LogP contribution in [-0.4, -0.2) is 29.6 Å². The van der Waals surface area contributed by atoms with Crippen molar-refractivity contribution in [3.05, 3.63) is 53.1 Å². The molecule has 1 aliphatic rings. The lowest BCUT2D eigenvalue weighted by molar-refractivity contribution is 0.597. The molecule has 25 heavy (non-hydrogen) atoms. The molecule has 0 fully saturated rings.